The Bertz CT molecular complexity index is 572. The van der Waals surface area contributed by atoms with Gasteiger partial charge in [0.1, 0.15) is 0 Å². The lowest BCUT2D eigenvalue weighted by Crippen LogP contribution is -2.41. The van der Waals surface area contributed by atoms with Gasteiger partial charge in [-0.05, 0) is 53.4 Å². The molecule has 0 radical (unpaired) electrons. The first-order valence-corrected chi connectivity index (χ1v) is 9.68. The van der Waals surface area contributed by atoms with Crippen molar-refractivity contribution < 1.29 is 9.31 Å². The van der Waals surface area contributed by atoms with Crippen molar-refractivity contribution in [3.8, 4) is 0 Å². The van der Waals surface area contributed by atoms with Crippen LogP contribution in [-0.4, -0.2) is 53.5 Å². The molecule has 1 saturated carbocycles. The van der Waals surface area contributed by atoms with Gasteiger partial charge in [0.15, 0.2) is 0 Å². The highest BCUT2D eigenvalue weighted by molar-refractivity contribution is 6.61. The number of nitrogens with one attached hydrogen (secondary N) is 2. The molecule has 7 nitrogen and oxygen atoms in total. The number of anilines is 1. The smallest absolute Gasteiger partial charge is 0.399 e. The zero-order valence-electron chi connectivity index (χ0n) is 16.4. The molecular weight excluding hydrogens is 329 g/mol. The van der Waals surface area contributed by atoms with E-state index in [1.54, 1.807) is 12.4 Å². The predicted octanol–water partition coefficient (Wildman–Crippen LogP) is 1.05. The Hall–Kier alpha value is -1.22. The third-order valence-electron chi connectivity index (χ3n) is 5.83. The van der Waals surface area contributed by atoms with Crippen LogP contribution in [0.25, 0.3) is 0 Å². The third kappa shape index (κ3) is 4.36. The van der Waals surface area contributed by atoms with E-state index >= 15 is 0 Å². The molecule has 0 unspecified atom stereocenters. The molecule has 0 spiro atoms. The lowest BCUT2D eigenvalue weighted by Gasteiger charge is -2.32. The van der Waals surface area contributed by atoms with Crippen LogP contribution in [0.15, 0.2) is 12.4 Å². The zero-order valence-corrected chi connectivity index (χ0v) is 16.4. The summed E-state index contributed by atoms with van der Waals surface area (Å²) in [5.74, 6) is 0.670. The largest absolute Gasteiger partial charge is 0.498 e. The van der Waals surface area contributed by atoms with Gasteiger partial charge < -0.3 is 25.7 Å². The van der Waals surface area contributed by atoms with Gasteiger partial charge in [0.2, 0.25) is 5.95 Å². The van der Waals surface area contributed by atoms with Gasteiger partial charge in [-0.25, -0.2) is 9.97 Å². The van der Waals surface area contributed by atoms with Crippen LogP contribution in [0.4, 0.5) is 5.95 Å². The van der Waals surface area contributed by atoms with E-state index in [1.165, 1.54) is 0 Å². The van der Waals surface area contributed by atoms with E-state index in [0.717, 1.165) is 37.7 Å². The van der Waals surface area contributed by atoms with Crippen molar-refractivity contribution in [3.63, 3.8) is 0 Å². The second kappa shape index (κ2) is 7.80. The van der Waals surface area contributed by atoms with Crippen molar-refractivity contribution in [1.29, 1.82) is 0 Å². The summed E-state index contributed by atoms with van der Waals surface area (Å²) in [6.45, 7) is 9.77. The third-order valence-corrected chi connectivity index (χ3v) is 5.83. The molecule has 8 heteroatoms. The second-order valence-corrected chi connectivity index (χ2v) is 8.36. The minimum atomic E-state index is -0.418. The molecule has 1 saturated heterocycles. The molecule has 4 N–H and O–H groups in total. The predicted molar refractivity (Wildman–Crippen MR) is 104 cm³/mol. The maximum Gasteiger partial charge on any atom is 0.498 e. The molecule has 1 aromatic heterocycles. The zero-order chi connectivity index (χ0) is 18.8. The van der Waals surface area contributed by atoms with Gasteiger partial charge in [0.25, 0.3) is 0 Å². The second-order valence-electron chi connectivity index (χ2n) is 8.36. The monoisotopic (exact) mass is 361 g/mol. The van der Waals surface area contributed by atoms with E-state index in [2.05, 4.69) is 20.6 Å². The molecule has 3 rings (SSSR count). The summed E-state index contributed by atoms with van der Waals surface area (Å²) >= 11 is 0. The number of nitrogens with zero attached hydrogens (tertiary/aromatic N) is 2. The summed E-state index contributed by atoms with van der Waals surface area (Å²) < 4.78 is 12.1. The summed E-state index contributed by atoms with van der Waals surface area (Å²) in [6.07, 6.45) is 8.14. The van der Waals surface area contributed by atoms with Crippen molar-refractivity contribution >= 4 is 18.5 Å². The highest BCUT2D eigenvalue weighted by Gasteiger charge is 2.51. The molecule has 144 valence electrons. The van der Waals surface area contributed by atoms with Crippen molar-refractivity contribution in [3.05, 3.63) is 12.4 Å². The maximum atomic E-state index is 6.05. The van der Waals surface area contributed by atoms with Gasteiger partial charge in [-0.1, -0.05) is 0 Å². The fourth-order valence-electron chi connectivity index (χ4n) is 3.43. The molecule has 2 fully saturated rings. The van der Waals surface area contributed by atoms with Gasteiger partial charge in [0.05, 0.1) is 11.2 Å². The molecule has 2 aliphatic rings. The Kier molecular flexibility index (Phi) is 5.86. The average Bonchev–Trinajstić information content (AvgIpc) is 2.83. The van der Waals surface area contributed by atoms with Crippen LogP contribution in [0.1, 0.15) is 53.4 Å². The Morgan fingerprint density at radius 1 is 1.04 bits per heavy atom. The minimum absolute atomic E-state index is 0.356. The molecule has 0 atom stereocenters. The van der Waals surface area contributed by atoms with Crippen LogP contribution in [0.5, 0.6) is 0 Å². The van der Waals surface area contributed by atoms with Crippen molar-refractivity contribution in [2.45, 2.75) is 76.7 Å². The minimum Gasteiger partial charge on any atom is -0.399 e. The molecule has 0 bridgehead atoms. The lowest BCUT2D eigenvalue weighted by molar-refractivity contribution is 0.00578. The fourth-order valence-corrected chi connectivity index (χ4v) is 3.43. The average molecular weight is 361 g/mol. The van der Waals surface area contributed by atoms with Gasteiger partial charge in [0, 0.05) is 43.0 Å². The lowest BCUT2D eigenvalue weighted by atomic mass is 9.81. The molecule has 1 aliphatic heterocycles. The molecule has 0 amide bonds. The fraction of sp³-hybridized carbons (Fsp3) is 0.778. The summed E-state index contributed by atoms with van der Waals surface area (Å²) in [7, 11) is -0.418. The van der Waals surface area contributed by atoms with Gasteiger partial charge in [-0.15, -0.1) is 0 Å². The molecule has 1 aliphatic carbocycles. The number of hydrogen-bond acceptors (Lipinski definition) is 7. The van der Waals surface area contributed by atoms with Crippen molar-refractivity contribution in [2.24, 2.45) is 5.73 Å². The summed E-state index contributed by atoms with van der Waals surface area (Å²) in [5.41, 5.74) is 5.69. The van der Waals surface area contributed by atoms with Gasteiger partial charge in [-0.2, -0.15) is 0 Å². The van der Waals surface area contributed by atoms with Crippen molar-refractivity contribution in [2.75, 3.05) is 18.4 Å². The van der Waals surface area contributed by atoms with E-state index in [-0.39, 0.29) is 11.2 Å². The van der Waals surface area contributed by atoms with Crippen LogP contribution in [0, 0.1) is 0 Å². The Labute approximate surface area is 157 Å². The van der Waals surface area contributed by atoms with E-state index in [9.17, 15) is 0 Å². The molecule has 0 aromatic carbocycles. The first-order chi connectivity index (χ1) is 12.3. The topological polar surface area (TPSA) is 94.3 Å². The van der Waals surface area contributed by atoms with Gasteiger partial charge in [-0.3, -0.25) is 0 Å². The first-order valence-electron chi connectivity index (χ1n) is 9.68. The maximum absolute atomic E-state index is 6.05. The first kappa shape index (κ1) is 19.5. The highest BCUT2D eigenvalue weighted by Crippen LogP contribution is 2.36. The molecular formula is C18H32BN5O2. The Morgan fingerprint density at radius 2 is 1.58 bits per heavy atom. The normalized spacial score (nSPS) is 27.5. The van der Waals surface area contributed by atoms with Crippen LogP contribution in [0.3, 0.4) is 0 Å². The van der Waals surface area contributed by atoms with Crippen LogP contribution < -0.4 is 21.8 Å². The highest BCUT2D eigenvalue weighted by atomic mass is 16.7. The van der Waals surface area contributed by atoms with Crippen LogP contribution in [0.2, 0.25) is 0 Å². The SMILES string of the molecule is CC1(C)OB(c2cnc(NC3CCC(NCCN)CC3)nc2)OC1(C)C. The number of nitrogens with two attached hydrogens (primary N) is 1. The summed E-state index contributed by atoms with van der Waals surface area (Å²) in [5, 5.41) is 6.95. The van der Waals surface area contributed by atoms with Crippen LogP contribution >= 0.6 is 0 Å². The number of aromatic nitrogens is 2. The number of hydrogen-bond donors (Lipinski definition) is 3. The molecule has 2 heterocycles. The van der Waals surface area contributed by atoms with E-state index in [0.29, 0.717) is 24.6 Å². The number of rotatable bonds is 6. The molecule has 1 aromatic rings. The van der Waals surface area contributed by atoms with Crippen LogP contribution in [-0.2, 0) is 9.31 Å². The molecule has 26 heavy (non-hydrogen) atoms. The Morgan fingerprint density at radius 3 is 2.12 bits per heavy atom. The van der Waals surface area contributed by atoms with E-state index in [1.807, 2.05) is 27.7 Å². The van der Waals surface area contributed by atoms with Crippen molar-refractivity contribution in [1.82, 2.24) is 15.3 Å². The standard InChI is InChI=1S/C18H32BN5O2/c1-17(2)18(3,4)26-19(25-17)13-11-22-16(23-12-13)24-15-7-5-14(6-8-15)21-10-9-20/h11-12,14-15,21H,5-10,20H2,1-4H3,(H,22,23,24). The quantitative estimate of drug-likeness (QED) is 0.652. The summed E-state index contributed by atoms with van der Waals surface area (Å²) in [4.78, 5) is 8.93. The van der Waals surface area contributed by atoms with E-state index < -0.39 is 7.12 Å². The summed E-state index contributed by atoms with van der Waals surface area (Å²) in [6, 6.07) is 1.01. The van der Waals surface area contributed by atoms with Gasteiger partial charge >= 0.3 is 7.12 Å². The Balaban J connectivity index is 1.51. The van der Waals surface area contributed by atoms with E-state index in [4.69, 9.17) is 15.0 Å².